The molecule has 0 spiro atoms. The van der Waals surface area contributed by atoms with Gasteiger partial charge in [-0.1, -0.05) is 26.7 Å². The summed E-state index contributed by atoms with van der Waals surface area (Å²) in [6.45, 7) is 4.16. The molecule has 0 bridgehead atoms. The number of hydrogen-bond acceptors (Lipinski definition) is 2. The minimum Gasteiger partial charge on any atom is -0.369 e. The van der Waals surface area contributed by atoms with Crippen molar-refractivity contribution in [3.8, 4) is 0 Å². The van der Waals surface area contributed by atoms with Crippen molar-refractivity contribution < 1.29 is 9.59 Å². The maximum Gasteiger partial charge on any atom is 0.220 e. The largest absolute Gasteiger partial charge is 0.369 e. The van der Waals surface area contributed by atoms with E-state index in [2.05, 4.69) is 6.92 Å². The SMILES string of the molecule is CCC[C@@H]1CC(=O)CCC([C@@H](CC)C(N)=O)C1. The number of carbonyl (C=O) groups is 2. The van der Waals surface area contributed by atoms with Crippen molar-refractivity contribution in [1.82, 2.24) is 0 Å². The Morgan fingerprint density at radius 3 is 2.71 bits per heavy atom. The number of rotatable bonds is 5. The number of hydrogen-bond donors (Lipinski definition) is 1. The molecule has 1 aliphatic rings. The van der Waals surface area contributed by atoms with Gasteiger partial charge in [-0.25, -0.2) is 0 Å². The third kappa shape index (κ3) is 4.14. The van der Waals surface area contributed by atoms with Crippen LogP contribution >= 0.6 is 0 Å². The highest BCUT2D eigenvalue weighted by Crippen LogP contribution is 2.34. The first-order valence-corrected chi connectivity index (χ1v) is 6.89. The van der Waals surface area contributed by atoms with Gasteiger partial charge in [-0.05, 0) is 31.1 Å². The Bertz CT molecular complexity index is 275. The maximum absolute atomic E-state index is 11.7. The summed E-state index contributed by atoms with van der Waals surface area (Å²) >= 11 is 0. The number of nitrogens with two attached hydrogens (primary N) is 1. The lowest BCUT2D eigenvalue weighted by atomic mass is 9.80. The zero-order valence-corrected chi connectivity index (χ0v) is 11.1. The monoisotopic (exact) mass is 239 g/mol. The highest BCUT2D eigenvalue weighted by Gasteiger charge is 2.31. The van der Waals surface area contributed by atoms with Crippen LogP contribution in [0, 0.1) is 17.8 Å². The first-order valence-electron chi connectivity index (χ1n) is 6.89. The molecule has 1 saturated carbocycles. The summed E-state index contributed by atoms with van der Waals surface area (Å²) in [5.41, 5.74) is 5.46. The summed E-state index contributed by atoms with van der Waals surface area (Å²) in [5, 5.41) is 0. The molecule has 98 valence electrons. The molecule has 0 heterocycles. The molecule has 1 rings (SSSR count). The van der Waals surface area contributed by atoms with Crippen molar-refractivity contribution in [3.05, 3.63) is 0 Å². The van der Waals surface area contributed by atoms with Crippen LogP contribution in [-0.2, 0) is 9.59 Å². The van der Waals surface area contributed by atoms with Gasteiger partial charge in [0.25, 0.3) is 0 Å². The van der Waals surface area contributed by atoms with Gasteiger partial charge in [0.2, 0.25) is 5.91 Å². The van der Waals surface area contributed by atoms with Gasteiger partial charge in [-0.3, -0.25) is 9.59 Å². The van der Waals surface area contributed by atoms with Crippen molar-refractivity contribution in [2.45, 2.75) is 58.8 Å². The topological polar surface area (TPSA) is 60.2 Å². The summed E-state index contributed by atoms with van der Waals surface area (Å²) in [7, 11) is 0. The number of Topliss-reactive ketones (excluding diaryl/α,β-unsaturated/α-hetero) is 1. The van der Waals surface area contributed by atoms with Crippen LogP contribution in [0.1, 0.15) is 58.8 Å². The van der Waals surface area contributed by atoms with Crippen molar-refractivity contribution in [3.63, 3.8) is 0 Å². The van der Waals surface area contributed by atoms with Gasteiger partial charge in [-0.15, -0.1) is 0 Å². The number of primary amides is 1. The Kier molecular flexibility index (Phi) is 5.66. The summed E-state index contributed by atoms with van der Waals surface area (Å²) in [6.07, 6.45) is 6.19. The van der Waals surface area contributed by atoms with Crippen LogP contribution in [-0.4, -0.2) is 11.7 Å². The quantitative estimate of drug-likeness (QED) is 0.750. The third-order valence-electron chi connectivity index (χ3n) is 4.02. The van der Waals surface area contributed by atoms with E-state index in [9.17, 15) is 9.59 Å². The molecule has 0 aliphatic heterocycles. The smallest absolute Gasteiger partial charge is 0.220 e. The molecule has 1 amide bonds. The fourth-order valence-corrected chi connectivity index (χ4v) is 3.16. The molecule has 3 nitrogen and oxygen atoms in total. The Hall–Kier alpha value is -0.860. The molecule has 0 saturated heterocycles. The summed E-state index contributed by atoms with van der Waals surface area (Å²) in [6, 6.07) is 0. The summed E-state index contributed by atoms with van der Waals surface area (Å²) in [5.74, 6) is 0.918. The van der Waals surface area contributed by atoms with Crippen LogP contribution in [0.4, 0.5) is 0 Å². The number of carbonyl (C=O) groups excluding carboxylic acids is 2. The van der Waals surface area contributed by atoms with E-state index in [4.69, 9.17) is 5.73 Å². The molecule has 0 aromatic rings. The maximum atomic E-state index is 11.7. The van der Waals surface area contributed by atoms with Crippen LogP contribution in [0.5, 0.6) is 0 Å². The van der Waals surface area contributed by atoms with E-state index < -0.39 is 0 Å². The number of amides is 1. The molecule has 1 aliphatic carbocycles. The Morgan fingerprint density at radius 1 is 1.47 bits per heavy atom. The second kappa shape index (κ2) is 6.77. The van der Waals surface area contributed by atoms with E-state index in [1.807, 2.05) is 6.92 Å². The lowest BCUT2D eigenvalue weighted by molar-refractivity contribution is -0.124. The van der Waals surface area contributed by atoms with Gasteiger partial charge in [0.05, 0.1) is 0 Å². The standard InChI is InChI=1S/C14H25NO2/c1-3-5-10-8-11(6-7-12(16)9-10)13(4-2)14(15)17/h10-11,13H,3-9H2,1-2H3,(H2,15,17)/t10-,11?,13+/m0/s1. The highest BCUT2D eigenvalue weighted by molar-refractivity contribution is 5.80. The average molecular weight is 239 g/mol. The lowest BCUT2D eigenvalue weighted by Gasteiger charge is -2.24. The van der Waals surface area contributed by atoms with Crippen LogP contribution in [0.15, 0.2) is 0 Å². The van der Waals surface area contributed by atoms with E-state index in [0.29, 0.717) is 30.5 Å². The minimum absolute atomic E-state index is 0.0414. The van der Waals surface area contributed by atoms with Crippen molar-refractivity contribution in [2.24, 2.45) is 23.5 Å². The minimum atomic E-state index is -0.193. The van der Waals surface area contributed by atoms with Gasteiger partial charge < -0.3 is 5.73 Å². The van der Waals surface area contributed by atoms with Crippen molar-refractivity contribution in [1.29, 1.82) is 0 Å². The van der Waals surface area contributed by atoms with Gasteiger partial charge in [0.15, 0.2) is 0 Å². The Labute approximate surface area is 104 Å². The molecule has 1 unspecified atom stereocenters. The van der Waals surface area contributed by atoms with Crippen LogP contribution in [0.25, 0.3) is 0 Å². The fraction of sp³-hybridized carbons (Fsp3) is 0.857. The van der Waals surface area contributed by atoms with Gasteiger partial charge >= 0.3 is 0 Å². The molecule has 0 aromatic heterocycles. The van der Waals surface area contributed by atoms with Crippen LogP contribution in [0.2, 0.25) is 0 Å². The zero-order valence-electron chi connectivity index (χ0n) is 11.1. The van der Waals surface area contributed by atoms with Gasteiger partial charge in [0, 0.05) is 18.8 Å². The highest BCUT2D eigenvalue weighted by atomic mass is 16.1. The Balaban J connectivity index is 2.70. The van der Waals surface area contributed by atoms with Gasteiger partial charge in [0.1, 0.15) is 5.78 Å². The van der Waals surface area contributed by atoms with E-state index in [1.54, 1.807) is 0 Å². The third-order valence-corrected chi connectivity index (χ3v) is 4.02. The zero-order chi connectivity index (χ0) is 12.8. The molecule has 1 fully saturated rings. The predicted octanol–water partition coefficient (Wildman–Crippen LogP) is 2.67. The second-order valence-electron chi connectivity index (χ2n) is 5.35. The molecule has 2 N–H and O–H groups in total. The van der Waals surface area contributed by atoms with Gasteiger partial charge in [-0.2, -0.15) is 0 Å². The van der Waals surface area contributed by atoms with Crippen molar-refractivity contribution in [2.75, 3.05) is 0 Å². The molecule has 3 atom stereocenters. The Morgan fingerprint density at radius 2 is 2.18 bits per heavy atom. The van der Waals surface area contributed by atoms with Crippen molar-refractivity contribution >= 4 is 11.7 Å². The molecule has 0 aromatic carbocycles. The summed E-state index contributed by atoms with van der Waals surface area (Å²) in [4.78, 5) is 23.1. The first kappa shape index (κ1) is 14.2. The van der Waals surface area contributed by atoms with E-state index >= 15 is 0 Å². The molecule has 3 heteroatoms. The average Bonchev–Trinajstić information content (AvgIpc) is 2.42. The molecular weight excluding hydrogens is 214 g/mol. The van der Waals surface area contributed by atoms with Crippen LogP contribution < -0.4 is 5.73 Å². The van der Waals surface area contributed by atoms with E-state index in [1.165, 1.54) is 0 Å². The van der Waals surface area contributed by atoms with Crippen LogP contribution in [0.3, 0.4) is 0 Å². The molecular formula is C14H25NO2. The first-order chi connectivity index (χ1) is 8.08. The normalized spacial score (nSPS) is 27.5. The van der Waals surface area contributed by atoms with E-state index in [-0.39, 0.29) is 11.8 Å². The lowest BCUT2D eigenvalue weighted by Crippen LogP contribution is -2.30. The van der Waals surface area contributed by atoms with E-state index in [0.717, 1.165) is 32.1 Å². The summed E-state index contributed by atoms with van der Waals surface area (Å²) < 4.78 is 0. The molecule has 0 radical (unpaired) electrons. The predicted molar refractivity (Wildman–Crippen MR) is 68.3 cm³/mol. The second-order valence-corrected chi connectivity index (χ2v) is 5.35. The molecule has 17 heavy (non-hydrogen) atoms. The number of ketones is 1. The fourth-order valence-electron chi connectivity index (χ4n) is 3.16.